The van der Waals surface area contributed by atoms with Gasteiger partial charge in [-0.05, 0) is 0 Å². The maximum atomic E-state index is 10.3. The first-order valence-electron chi connectivity index (χ1n) is 3.39. The highest BCUT2D eigenvalue weighted by molar-refractivity contribution is 5.59. The molecule has 11 heavy (non-hydrogen) atoms. The van der Waals surface area contributed by atoms with E-state index in [0.717, 1.165) is 0 Å². The zero-order valence-corrected chi connectivity index (χ0v) is 6.69. The molecule has 0 spiro atoms. The van der Waals surface area contributed by atoms with Crippen LogP contribution in [0.3, 0.4) is 0 Å². The molecule has 0 aliphatic carbocycles. The Hall–Kier alpha value is -0.450. The van der Waals surface area contributed by atoms with Crippen LogP contribution in [-0.4, -0.2) is 40.4 Å². The molecule has 0 aromatic carbocycles. The van der Waals surface area contributed by atoms with Crippen LogP contribution in [0.1, 0.15) is 13.8 Å². The Labute approximate surface area is 65.5 Å². The predicted molar refractivity (Wildman–Crippen MR) is 38.9 cm³/mol. The summed E-state index contributed by atoms with van der Waals surface area (Å²) in [6.07, 6.45) is -1.92. The monoisotopic (exact) mass is 162 g/mol. The molecule has 0 saturated carbocycles. The first-order chi connectivity index (χ1) is 4.95. The van der Waals surface area contributed by atoms with Crippen LogP contribution in [0.25, 0.3) is 0 Å². The minimum atomic E-state index is -1.25. The quantitative estimate of drug-likeness (QED) is 0.460. The molecule has 66 valence electrons. The summed E-state index contributed by atoms with van der Waals surface area (Å²) in [7, 11) is 0. The highest BCUT2D eigenvalue weighted by Crippen LogP contribution is 2.19. The Morgan fingerprint density at radius 1 is 1.45 bits per heavy atom. The average Bonchev–Trinajstić information content (AvgIpc) is 2.01. The fraction of sp³-hybridized carbons (Fsp3) is 0.857. The Balaban J connectivity index is 4.21. The van der Waals surface area contributed by atoms with E-state index in [0.29, 0.717) is 6.29 Å². The van der Waals surface area contributed by atoms with Crippen molar-refractivity contribution in [3.05, 3.63) is 0 Å². The molecular formula is C7H14O4. The number of aliphatic hydroxyl groups is 3. The molecule has 0 aliphatic rings. The van der Waals surface area contributed by atoms with Gasteiger partial charge in [0.15, 0.2) is 0 Å². The van der Waals surface area contributed by atoms with Gasteiger partial charge in [0, 0.05) is 5.41 Å². The molecule has 0 fully saturated rings. The molecule has 4 heteroatoms. The van der Waals surface area contributed by atoms with Crippen molar-refractivity contribution in [3.63, 3.8) is 0 Å². The maximum Gasteiger partial charge on any atom is 0.128 e. The number of rotatable bonds is 4. The first kappa shape index (κ1) is 10.6. The largest absolute Gasteiger partial charge is 0.394 e. The van der Waals surface area contributed by atoms with Gasteiger partial charge in [0.05, 0.1) is 12.7 Å². The minimum absolute atomic E-state index is 0.543. The van der Waals surface area contributed by atoms with Gasteiger partial charge in [-0.15, -0.1) is 0 Å². The lowest BCUT2D eigenvalue weighted by molar-refractivity contribution is -0.128. The van der Waals surface area contributed by atoms with Crippen LogP contribution in [0.4, 0.5) is 0 Å². The van der Waals surface area contributed by atoms with E-state index >= 15 is 0 Å². The topological polar surface area (TPSA) is 77.8 Å². The highest BCUT2D eigenvalue weighted by Gasteiger charge is 2.32. The van der Waals surface area contributed by atoms with Crippen LogP contribution in [-0.2, 0) is 4.79 Å². The third-order valence-corrected chi connectivity index (χ3v) is 1.62. The number of carbonyl (C=O) groups is 1. The predicted octanol–water partition coefficient (Wildman–Crippen LogP) is -1.07. The van der Waals surface area contributed by atoms with Crippen molar-refractivity contribution in [2.75, 3.05) is 6.61 Å². The summed E-state index contributed by atoms with van der Waals surface area (Å²) in [6, 6.07) is 0. The summed E-state index contributed by atoms with van der Waals surface area (Å²) >= 11 is 0. The third-order valence-electron chi connectivity index (χ3n) is 1.62. The molecule has 0 aromatic rings. The lowest BCUT2D eigenvalue weighted by atomic mass is 9.85. The molecule has 3 N–H and O–H groups in total. The van der Waals surface area contributed by atoms with Crippen molar-refractivity contribution in [1.29, 1.82) is 0 Å². The molecule has 0 radical (unpaired) electrons. The lowest BCUT2D eigenvalue weighted by Gasteiger charge is -2.27. The summed E-state index contributed by atoms with van der Waals surface area (Å²) in [4.78, 5) is 10.3. The second-order valence-corrected chi connectivity index (χ2v) is 3.13. The van der Waals surface area contributed by atoms with Crippen LogP contribution in [0.15, 0.2) is 0 Å². The summed E-state index contributed by atoms with van der Waals surface area (Å²) in [5.41, 5.74) is -1.01. The number of hydrogen-bond acceptors (Lipinski definition) is 4. The number of aldehydes is 1. The van der Waals surface area contributed by atoms with Crippen LogP contribution >= 0.6 is 0 Å². The lowest BCUT2D eigenvalue weighted by Crippen LogP contribution is -2.42. The summed E-state index contributed by atoms with van der Waals surface area (Å²) < 4.78 is 0. The van der Waals surface area contributed by atoms with E-state index in [1.165, 1.54) is 13.8 Å². The molecule has 0 bridgehead atoms. The van der Waals surface area contributed by atoms with E-state index in [1.54, 1.807) is 0 Å². The van der Waals surface area contributed by atoms with Crippen molar-refractivity contribution in [1.82, 2.24) is 0 Å². The molecule has 2 atom stereocenters. The molecule has 2 unspecified atom stereocenters. The smallest absolute Gasteiger partial charge is 0.128 e. The second-order valence-electron chi connectivity index (χ2n) is 3.13. The van der Waals surface area contributed by atoms with Gasteiger partial charge in [0.25, 0.3) is 0 Å². The summed E-state index contributed by atoms with van der Waals surface area (Å²) in [5, 5.41) is 26.6. The molecule has 0 amide bonds. The fourth-order valence-electron chi connectivity index (χ4n) is 0.665. The van der Waals surface area contributed by atoms with Crippen molar-refractivity contribution >= 4 is 6.29 Å². The zero-order chi connectivity index (χ0) is 9.07. The van der Waals surface area contributed by atoms with E-state index in [9.17, 15) is 9.90 Å². The van der Waals surface area contributed by atoms with Gasteiger partial charge in [-0.25, -0.2) is 0 Å². The maximum absolute atomic E-state index is 10.3. The average molecular weight is 162 g/mol. The Bertz CT molecular complexity index is 132. The molecule has 0 saturated heterocycles. The minimum Gasteiger partial charge on any atom is -0.394 e. The van der Waals surface area contributed by atoms with E-state index in [-0.39, 0.29) is 0 Å². The standard InChI is InChI=1S/C7H14O4/c1-7(2,4-9)6(11)5(10)3-8/h4-6,8,10-11H,3H2,1-2H3. The molecule has 0 aliphatic heterocycles. The normalized spacial score (nSPS) is 17.5. The van der Waals surface area contributed by atoms with Gasteiger partial charge in [-0.1, -0.05) is 13.8 Å². The van der Waals surface area contributed by atoms with Crippen molar-refractivity contribution in [3.8, 4) is 0 Å². The van der Waals surface area contributed by atoms with Crippen molar-refractivity contribution < 1.29 is 20.1 Å². The van der Waals surface area contributed by atoms with Gasteiger partial charge in [0.2, 0.25) is 0 Å². The van der Waals surface area contributed by atoms with Crippen LogP contribution in [0.5, 0.6) is 0 Å². The van der Waals surface area contributed by atoms with E-state index < -0.39 is 24.2 Å². The zero-order valence-electron chi connectivity index (χ0n) is 6.69. The van der Waals surface area contributed by atoms with Gasteiger partial charge >= 0.3 is 0 Å². The van der Waals surface area contributed by atoms with E-state index in [4.69, 9.17) is 10.2 Å². The molecule has 0 heterocycles. The number of aliphatic hydroxyl groups excluding tert-OH is 3. The third kappa shape index (κ3) is 2.57. The first-order valence-corrected chi connectivity index (χ1v) is 3.39. The molecule has 4 nitrogen and oxygen atoms in total. The van der Waals surface area contributed by atoms with E-state index in [1.807, 2.05) is 0 Å². The SMILES string of the molecule is CC(C)(C=O)C(O)C(O)CO. The second kappa shape index (κ2) is 3.80. The highest BCUT2D eigenvalue weighted by atomic mass is 16.4. The Morgan fingerprint density at radius 3 is 2.18 bits per heavy atom. The Kier molecular flexibility index (Phi) is 3.65. The van der Waals surface area contributed by atoms with Crippen molar-refractivity contribution in [2.24, 2.45) is 5.41 Å². The fourth-order valence-corrected chi connectivity index (χ4v) is 0.665. The van der Waals surface area contributed by atoms with Gasteiger partial charge in [-0.2, -0.15) is 0 Å². The molecular weight excluding hydrogens is 148 g/mol. The Morgan fingerprint density at radius 2 is 1.91 bits per heavy atom. The van der Waals surface area contributed by atoms with Gasteiger partial charge in [0.1, 0.15) is 12.4 Å². The molecule has 0 rings (SSSR count). The molecule has 0 aromatic heterocycles. The summed E-state index contributed by atoms with van der Waals surface area (Å²) in [5.74, 6) is 0. The van der Waals surface area contributed by atoms with Crippen molar-refractivity contribution in [2.45, 2.75) is 26.1 Å². The number of carbonyl (C=O) groups excluding carboxylic acids is 1. The van der Waals surface area contributed by atoms with Gasteiger partial charge < -0.3 is 20.1 Å². The van der Waals surface area contributed by atoms with Crippen LogP contribution < -0.4 is 0 Å². The van der Waals surface area contributed by atoms with E-state index in [2.05, 4.69) is 0 Å². The van der Waals surface area contributed by atoms with Gasteiger partial charge in [-0.3, -0.25) is 0 Å². The number of hydrogen-bond donors (Lipinski definition) is 3. The van der Waals surface area contributed by atoms with Crippen LogP contribution in [0, 0.1) is 5.41 Å². The summed E-state index contributed by atoms with van der Waals surface area (Å²) in [6.45, 7) is 2.44. The van der Waals surface area contributed by atoms with Crippen LogP contribution in [0.2, 0.25) is 0 Å².